The minimum Gasteiger partial charge on any atom is -1.00 e. The zero-order valence-electron chi connectivity index (χ0n) is 10.3. The second-order valence-corrected chi connectivity index (χ2v) is 5.17. The van der Waals surface area contributed by atoms with Crippen LogP contribution in [0.5, 0.6) is 0 Å². The standard InChI is InChI=1S/C11H26NO.BrH/c1-10(7-6-8-13)9-11(2)12(3,4)5;/h10-11,13H,6-9H2,1-5H3;1H/q+1;/p-1. The Hall–Kier alpha value is 0.400. The maximum absolute atomic E-state index is 8.71. The van der Waals surface area contributed by atoms with E-state index in [-0.39, 0.29) is 17.0 Å². The second kappa shape index (κ2) is 7.66. The maximum Gasteiger partial charge on any atom is 0.0858 e. The van der Waals surface area contributed by atoms with Crippen LogP contribution in [0, 0.1) is 5.92 Å². The van der Waals surface area contributed by atoms with Gasteiger partial charge in [-0.05, 0) is 25.7 Å². The summed E-state index contributed by atoms with van der Waals surface area (Å²) in [6.45, 7) is 4.92. The Morgan fingerprint density at radius 3 is 2.00 bits per heavy atom. The largest absolute Gasteiger partial charge is 1.00 e. The van der Waals surface area contributed by atoms with Gasteiger partial charge in [-0.15, -0.1) is 0 Å². The topological polar surface area (TPSA) is 20.2 Å². The Morgan fingerprint density at radius 2 is 1.64 bits per heavy atom. The van der Waals surface area contributed by atoms with Crippen LogP contribution in [0.1, 0.15) is 33.1 Å². The van der Waals surface area contributed by atoms with E-state index in [0.29, 0.717) is 12.6 Å². The second-order valence-electron chi connectivity index (χ2n) is 5.17. The first kappa shape index (κ1) is 16.8. The molecule has 2 unspecified atom stereocenters. The van der Waals surface area contributed by atoms with Gasteiger partial charge < -0.3 is 26.6 Å². The highest BCUT2D eigenvalue weighted by molar-refractivity contribution is 4.58. The molecule has 0 saturated heterocycles. The van der Waals surface area contributed by atoms with E-state index in [0.717, 1.165) is 23.2 Å². The van der Waals surface area contributed by atoms with E-state index in [2.05, 4.69) is 35.0 Å². The van der Waals surface area contributed by atoms with Crippen molar-refractivity contribution in [1.82, 2.24) is 0 Å². The van der Waals surface area contributed by atoms with Crippen molar-refractivity contribution >= 4 is 0 Å². The van der Waals surface area contributed by atoms with Crippen molar-refractivity contribution in [3.8, 4) is 0 Å². The van der Waals surface area contributed by atoms with Crippen LogP contribution in [0.3, 0.4) is 0 Å². The number of aliphatic hydroxyl groups excluding tert-OH is 1. The van der Waals surface area contributed by atoms with E-state index >= 15 is 0 Å². The minimum absolute atomic E-state index is 0. The van der Waals surface area contributed by atoms with Crippen molar-refractivity contribution in [2.75, 3.05) is 27.7 Å². The number of aliphatic hydroxyl groups is 1. The molecule has 0 amide bonds. The third kappa shape index (κ3) is 7.77. The first-order chi connectivity index (χ1) is 5.88. The first-order valence-corrected chi connectivity index (χ1v) is 5.30. The van der Waals surface area contributed by atoms with Gasteiger partial charge in [0.2, 0.25) is 0 Å². The van der Waals surface area contributed by atoms with E-state index in [4.69, 9.17) is 5.11 Å². The zero-order chi connectivity index (χ0) is 10.5. The fourth-order valence-electron chi connectivity index (χ4n) is 1.46. The lowest BCUT2D eigenvalue weighted by atomic mass is 9.96. The van der Waals surface area contributed by atoms with Gasteiger partial charge >= 0.3 is 0 Å². The molecule has 3 heteroatoms. The van der Waals surface area contributed by atoms with Crippen LogP contribution in [-0.2, 0) is 0 Å². The third-order valence-electron chi connectivity index (χ3n) is 2.92. The summed E-state index contributed by atoms with van der Waals surface area (Å²) in [5.41, 5.74) is 0. The van der Waals surface area contributed by atoms with E-state index in [1.807, 2.05) is 0 Å². The molecular formula is C11H26BrNO. The highest BCUT2D eigenvalue weighted by Gasteiger charge is 2.20. The van der Waals surface area contributed by atoms with Gasteiger partial charge in [-0.1, -0.05) is 6.92 Å². The van der Waals surface area contributed by atoms with Crippen LogP contribution in [0.2, 0.25) is 0 Å². The number of hydrogen-bond acceptors (Lipinski definition) is 1. The van der Waals surface area contributed by atoms with Crippen LogP contribution in [-0.4, -0.2) is 43.4 Å². The number of halogens is 1. The molecule has 14 heavy (non-hydrogen) atoms. The highest BCUT2D eigenvalue weighted by Crippen LogP contribution is 2.17. The van der Waals surface area contributed by atoms with Gasteiger partial charge in [0, 0.05) is 13.0 Å². The van der Waals surface area contributed by atoms with Crippen molar-refractivity contribution in [2.24, 2.45) is 5.92 Å². The Labute approximate surface area is 99.7 Å². The summed E-state index contributed by atoms with van der Waals surface area (Å²) in [6.07, 6.45) is 3.36. The van der Waals surface area contributed by atoms with Gasteiger partial charge in [0.15, 0.2) is 0 Å². The van der Waals surface area contributed by atoms with Crippen LogP contribution >= 0.6 is 0 Å². The van der Waals surface area contributed by atoms with E-state index in [1.54, 1.807) is 0 Å². The summed E-state index contributed by atoms with van der Waals surface area (Å²) in [5.74, 6) is 0.736. The van der Waals surface area contributed by atoms with Crippen LogP contribution < -0.4 is 17.0 Å². The van der Waals surface area contributed by atoms with Crippen molar-refractivity contribution in [3.63, 3.8) is 0 Å². The average Bonchev–Trinajstić information content (AvgIpc) is 1.99. The van der Waals surface area contributed by atoms with Crippen molar-refractivity contribution in [1.29, 1.82) is 0 Å². The predicted molar refractivity (Wildman–Crippen MR) is 57.6 cm³/mol. The van der Waals surface area contributed by atoms with E-state index in [1.165, 1.54) is 6.42 Å². The Balaban J connectivity index is 0. The SMILES string of the molecule is CC(CCCO)CC(C)[N+](C)(C)C.[Br-]. The molecule has 0 aliphatic heterocycles. The Morgan fingerprint density at radius 1 is 1.14 bits per heavy atom. The number of rotatable bonds is 6. The summed E-state index contributed by atoms with van der Waals surface area (Å²) >= 11 is 0. The van der Waals surface area contributed by atoms with E-state index in [9.17, 15) is 0 Å². The molecule has 88 valence electrons. The lowest BCUT2D eigenvalue weighted by Crippen LogP contribution is -3.00. The molecule has 0 aliphatic carbocycles. The molecule has 0 rings (SSSR count). The smallest absolute Gasteiger partial charge is 0.0858 e. The summed E-state index contributed by atoms with van der Waals surface area (Å²) in [6, 6.07) is 0.702. The van der Waals surface area contributed by atoms with Gasteiger partial charge in [-0.3, -0.25) is 0 Å². The molecule has 0 bridgehead atoms. The average molecular weight is 268 g/mol. The number of nitrogens with zero attached hydrogens (tertiary/aromatic N) is 1. The van der Waals surface area contributed by atoms with Gasteiger partial charge in [0.1, 0.15) is 0 Å². The Kier molecular flexibility index (Phi) is 9.20. The third-order valence-corrected chi connectivity index (χ3v) is 2.92. The van der Waals surface area contributed by atoms with Gasteiger partial charge in [-0.2, -0.15) is 0 Å². The summed E-state index contributed by atoms with van der Waals surface area (Å²) < 4.78 is 1.03. The molecule has 0 aliphatic rings. The van der Waals surface area contributed by atoms with Gasteiger partial charge in [0.25, 0.3) is 0 Å². The van der Waals surface area contributed by atoms with Crippen LogP contribution in [0.4, 0.5) is 0 Å². The van der Waals surface area contributed by atoms with Crippen LogP contribution in [0.25, 0.3) is 0 Å². The molecule has 0 fully saturated rings. The minimum atomic E-state index is 0. The normalized spacial score (nSPS) is 15.9. The monoisotopic (exact) mass is 267 g/mol. The highest BCUT2D eigenvalue weighted by atomic mass is 79.9. The van der Waals surface area contributed by atoms with Crippen molar-refractivity contribution < 1.29 is 26.6 Å². The lowest BCUT2D eigenvalue weighted by molar-refractivity contribution is -0.894. The van der Waals surface area contributed by atoms with E-state index < -0.39 is 0 Å². The predicted octanol–water partition coefficient (Wildman–Crippen LogP) is -1.12. The molecule has 0 aromatic carbocycles. The summed E-state index contributed by atoms with van der Waals surface area (Å²) in [4.78, 5) is 0. The molecule has 2 nitrogen and oxygen atoms in total. The molecular weight excluding hydrogens is 242 g/mol. The fourth-order valence-corrected chi connectivity index (χ4v) is 1.46. The fraction of sp³-hybridized carbons (Fsp3) is 1.00. The number of hydrogen-bond donors (Lipinski definition) is 1. The molecule has 1 N–H and O–H groups in total. The zero-order valence-corrected chi connectivity index (χ0v) is 11.8. The Bertz CT molecular complexity index is 134. The number of quaternary nitrogens is 1. The lowest BCUT2D eigenvalue weighted by Gasteiger charge is -2.33. The molecule has 0 aromatic rings. The molecule has 0 radical (unpaired) electrons. The summed E-state index contributed by atoms with van der Waals surface area (Å²) in [5, 5.41) is 8.71. The quantitative estimate of drug-likeness (QED) is 0.605. The maximum atomic E-state index is 8.71. The molecule has 0 aromatic heterocycles. The van der Waals surface area contributed by atoms with Crippen LogP contribution in [0.15, 0.2) is 0 Å². The molecule has 0 saturated carbocycles. The first-order valence-electron chi connectivity index (χ1n) is 5.30. The summed E-state index contributed by atoms with van der Waals surface area (Å²) in [7, 11) is 6.72. The molecule has 2 atom stereocenters. The molecule has 0 heterocycles. The van der Waals surface area contributed by atoms with Gasteiger partial charge in [-0.25, -0.2) is 0 Å². The van der Waals surface area contributed by atoms with Crippen molar-refractivity contribution in [2.45, 2.75) is 39.2 Å². The van der Waals surface area contributed by atoms with Gasteiger partial charge in [0.05, 0.1) is 27.2 Å². The van der Waals surface area contributed by atoms with Crippen molar-refractivity contribution in [3.05, 3.63) is 0 Å². The molecule has 0 spiro atoms.